The van der Waals surface area contributed by atoms with Gasteiger partial charge in [0.2, 0.25) is 0 Å². The molecule has 0 aromatic heterocycles. The lowest BCUT2D eigenvalue weighted by atomic mass is 9.97. The number of hydrogen-bond acceptors (Lipinski definition) is 2. The van der Waals surface area contributed by atoms with Crippen molar-refractivity contribution in [2.45, 2.75) is 39.8 Å². The number of carbonyl (C=O) groups excluding carboxylic acids is 1. The molecule has 0 bridgehead atoms. The highest BCUT2D eigenvalue weighted by molar-refractivity contribution is 5.81. The van der Waals surface area contributed by atoms with Gasteiger partial charge in [-0.2, -0.15) is 0 Å². The van der Waals surface area contributed by atoms with Gasteiger partial charge in [-0.1, -0.05) is 72.3 Å². The van der Waals surface area contributed by atoms with Crippen molar-refractivity contribution >= 4 is 5.91 Å². The summed E-state index contributed by atoms with van der Waals surface area (Å²) < 4.78 is 5.97. The van der Waals surface area contributed by atoms with Crippen LogP contribution in [0.2, 0.25) is 0 Å². The lowest BCUT2D eigenvalue weighted by molar-refractivity contribution is -0.127. The Labute approximate surface area is 167 Å². The van der Waals surface area contributed by atoms with Crippen LogP contribution in [0.25, 0.3) is 0 Å². The van der Waals surface area contributed by atoms with Crippen LogP contribution >= 0.6 is 0 Å². The number of rotatable bonds is 6. The maximum absolute atomic E-state index is 12.9. The molecule has 3 aromatic rings. The Bertz CT molecular complexity index is 933. The minimum absolute atomic E-state index is 0.143. The highest BCUT2D eigenvalue weighted by Gasteiger charge is 2.22. The first-order valence-corrected chi connectivity index (χ1v) is 9.60. The molecule has 1 N–H and O–H groups in total. The van der Waals surface area contributed by atoms with Crippen LogP contribution in [-0.4, -0.2) is 12.0 Å². The second-order valence-corrected chi connectivity index (χ2v) is 7.22. The van der Waals surface area contributed by atoms with Gasteiger partial charge in [0.05, 0.1) is 6.04 Å². The Morgan fingerprint density at radius 1 is 0.821 bits per heavy atom. The van der Waals surface area contributed by atoms with Crippen LogP contribution in [-0.2, 0) is 4.79 Å². The Hall–Kier alpha value is -3.07. The average Bonchev–Trinajstić information content (AvgIpc) is 2.71. The third-order valence-corrected chi connectivity index (χ3v) is 5.06. The maximum Gasteiger partial charge on any atom is 0.261 e. The highest BCUT2D eigenvalue weighted by atomic mass is 16.5. The summed E-state index contributed by atoms with van der Waals surface area (Å²) in [6, 6.07) is 23.9. The minimum Gasteiger partial charge on any atom is -0.481 e. The Morgan fingerprint density at radius 3 is 2.14 bits per heavy atom. The molecule has 28 heavy (non-hydrogen) atoms. The van der Waals surface area contributed by atoms with Crippen LogP contribution in [0.15, 0.2) is 72.8 Å². The van der Waals surface area contributed by atoms with E-state index in [4.69, 9.17) is 4.74 Å². The molecule has 0 aliphatic rings. The van der Waals surface area contributed by atoms with Gasteiger partial charge < -0.3 is 10.1 Å². The van der Waals surface area contributed by atoms with E-state index in [1.807, 2.05) is 62.4 Å². The Balaban J connectivity index is 1.81. The second kappa shape index (κ2) is 8.75. The summed E-state index contributed by atoms with van der Waals surface area (Å²) >= 11 is 0. The number of benzene rings is 3. The molecule has 144 valence electrons. The van der Waals surface area contributed by atoms with Crippen LogP contribution in [0, 0.1) is 20.8 Å². The SMILES string of the molecule is Cc1ccc([C@@H](NC(=O)[C@@H](C)Oc2cccc(C)c2C)c2ccccc2)cc1. The van der Waals surface area contributed by atoms with E-state index < -0.39 is 6.10 Å². The summed E-state index contributed by atoms with van der Waals surface area (Å²) in [5.41, 5.74) is 5.48. The van der Waals surface area contributed by atoms with Crippen LogP contribution < -0.4 is 10.1 Å². The molecule has 0 heterocycles. The molecule has 3 heteroatoms. The van der Waals surface area contributed by atoms with Gasteiger partial charge in [0.25, 0.3) is 5.91 Å². The zero-order chi connectivity index (χ0) is 20.1. The molecule has 0 radical (unpaired) electrons. The maximum atomic E-state index is 12.9. The van der Waals surface area contributed by atoms with Crippen LogP contribution in [0.5, 0.6) is 5.75 Å². The third kappa shape index (κ3) is 4.61. The predicted octanol–water partition coefficient (Wildman–Crippen LogP) is 5.28. The van der Waals surface area contributed by atoms with Gasteiger partial charge in [0, 0.05) is 0 Å². The van der Waals surface area contributed by atoms with E-state index in [1.54, 1.807) is 6.92 Å². The van der Waals surface area contributed by atoms with Crippen molar-refractivity contribution in [1.29, 1.82) is 0 Å². The normalized spacial score (nSPS) is 12.9. The fourth-order valence-corrected chi connectivity index (χ4v) is 3.12. The summed E-state index contributed by atoms with van der Waals surface area (Å²) in [6.45, 7) is 7.89. The summed E-state index contributed by atoms with van der Waals surface area (Å²) in [7, 11) is 0. The molecule has 2 atom stereocenters. The Kier molecular flexibility index (Phi) is 6.15. The number of ether oxygens (including phenoxy) is 1. The fourth-order valence-electron chi connectivity index (χ4n) is 3.12. The quantitative estimate of drug-likeness (QED) is 0.638. The molecule has 0 saturated heterocycles. The van der Waals surface area contributed by atoms with Crippen molar-refractivity contribution in [2.75, 3.05) is 0 Å². The molecule has 3 rings (SSSR count). The molecule has 0 fully saturated rings. The zero-order valence-electron chi connectivity index (χ0n) is 16.9. The predicted molar refractivity (Wildman–Crippen MR) is 114 cm³/mol. The first-order valence-electron chi connectivity index (χ1n) is 9.60. The molecule has 0 aliphatic heterocycles. The topological polar surface area (TPSA) is 38.3 Å². The smallest absolute Gasteiger partial charge is 0.261 e. The number of carbonyl (C=O) groups is 1. The van der Waals surface area contributed by atoms with Gasteiger partial charge in [-0.25, -0.2) is 0 Å². The third-order valence-electron chi connectivity index (χ3n) is 5.06. The van der Waals surface area contributed by atoms with Crippen molar-refractivity contribution in [3.63, 3.8) is 0 Å². The lowest BCUT2D eigenvalue weighted by Crippen LogP contribution is -2.39. The molecule has 0 unspecified atom stereocenters. The number of aryl methyl sites for hydroxylation is 2. The van der Waals surface area contributed by atoms with Gasteiger partial charge in [-0.05, 0) is 56.0 Å². The Morgan fingerprint density at radius 2 is 1.46 bits per heavy atom. The van der Waals surface area contributed by atoms with Crippen LogP contribution in [0.1, 0.15) is 40.8 Å². The van der Waals surface area contributed by atoms with Crippen molar-refractivity contribution in [2.24, 2.45) is 0 Å². The van der Waals surface area contributed by atoms with Gasteiger partial charge in [0.15, 0.2) is 6.10 Å². The number of amides is 1. The summed E-state index contributed by atoms with van der Waals surface area (Å²) in [4.78, 5) is 12.9. The monoisotopic (exact) mass is 373 g/mol. The largest absolute Gasteiger partial charge is 0.481 e. The average molecular weight is 373 g/mol. The number of hydrogen-bond donors (Lipinski definition) is 1. The highest BCUT2D eigenvalue weighted by Crippen LogP contribution is 2.24. The standard InChI is InChI=1S/C25H27NO2/c1-17-13-15-22(16-14-17)24(21-10-6-5-7-11-21)26-25(27)20(4)28-23-12-8-9-18(2)19(23)3/h5-16,20,24H,1-4H3,(H,26,27)/t20-,24+/m1/s1. The number of nitrogens with one attached hydrogen (secondary N) is 1. The van der Waals surface area contributed by atoms with E-state index in [1.165, 1.54) is 5.56 Å². The molecular formula is C25H27NO2. The lowest BCUT2D eigenvalue weighted by Gasteiger charge is -2.23. The van der Waals surface area contributed by atoms with E-state index in [2.05, 4.69) is 36.5 Å². The van der Waals surface area contributed by atoms with E-state index >= 15 is 0 Å². The van der Waals surface area contributed by atoms with Crippen molar-refractivity contribution in [3.05, 3.63) is 101 Å². The molecule has 0 spiro atoms. The second-order valence-electron chi connectivity index (χ2n) is 7.22. The van der Waals surface area contributed by atoms with Crippen molar-refractivity contribution in [1.82, 2.24) is 5.32 Å². The van der Waals surface area contributed by atoms with Crippen molar-refractivity contribution in [3.8, 4) is 5.75 Å². The van der Waals surface area contributed by atoms with E-state index in [9.17, 15) is 4.79 Å². The fraction of sp³-hybridized carbons (Fsp3) is 0.240. The molecular weight excluding hydrogens is 346 g/mol. The molecule has 3 nitrogen and oxygen atoms in total. The van der Waals surface area contributed by atoms with Crippen LogP contribution in [0.4, 0.5) is 0 Å². The molecule has 0 saturated carbocycles. The van der Waals surface area contributed by atoms with Gasteiger partial charge >= 0.3 is 0 Å². The van der Waals surface area contributed by atoms with Gasteiger partial charge in [-0.15, -0.1) is 0 Å². The molecule has 3 aromatic carbocycles. The van der Waals surface area contributed by atoms with Crippen LogP contribution in [0.3, 0.4) is 0 Å². The molecule has 1 amide bonds. The summed E-state index contributed by atoms with van der Waals surface area (Å²) in [5.74, 6) is 0.601. The first kappa shape index (κ1) is 19.7. The molecule has 0 aliphatic carbocycles. The summed E-state index contributed by atoms with van der Waals surface area (Å²) in [6.07, 6.45) is -0.600. The van der Waals surface area contributed by atoms with E-state index in [0.717, 1.165) is 28.0 Å². The minimum atomic E-state index is -0.600. The zero-order valence-corrected chi connectivity index (χ0v) is 16.9. The first-order chi connectivity index (χ1) is 13.5. The van der Waals surface area contributed by atoms with Gasteiger partial charge in [-0.3, -0.25) is 4.79 Å². The summed E-state index contributed by atoms with van der Waals surface area (Å²) in [5, 5.41) is 3.16. The van der Waals surface area contributed by atoms with E-state index in [-0.39, 0.29) is 11.9 Å². The van der Waals surface area contributed by atoms with E-state index in [0.29, 0.717) is 0 Å². The van der Waals surface area contributed by atoms with Crippen molar-refractivity contribution < 1.29 is 9.53 Å². The van der Waals surface area contributed by atoms with Gasteiger partial charge in [0.1, 0.15) is 5.75 Å².